The maximum atomic E-state index is 12.7. The van der Waals surface area contributed by atoms with E-state index in [0.29, 0.717) is 12.8 Å². The third-order valence-electron chi connectivity index (χ3n) is 8.12. The van der Waals surface area contributed by atoms with Crippen LogP contribution in [0.15, 0.2) is 12.2 Å². The fourth-order valence-electron chi connectivity index (χ4n) is 5.31. The third kappa shape index (κ3) is 29.9. The van der Waals surface area contributed by atoms with E-state index in [1.54, 1.807) is 0 Å². The van der Waals surface area contributed by atoms with E-state index in [0.717, 1.165) is 51.4 Å². The van der Waals surface area contributed by atoms with Gasteiger partial charge in [0.2, 0.25) is 5.91 Å². The molecule has 0 saturated heterocycles. The third-order valence-corrected chi connectivity index (χ3v) is 9.10. The molecule has 8 nitrogen and oxygen atoms in total. The number of carbonyl (C=O) groups is 1. The summed E-state index contributed by atoms with van der Waals surface area (Å²) in [5, 5.41) is 13.7. The van der Waals surface area contributed by atoms with Gasteiger partial charge in [0.05, 0.1) is 25.4 Å². The molecule has 0 saturated carbocycles. The van der Waals surface area contributed by atoms with Gasteiger partial charge in [-0.1, -0.05) is 142 Å². The van der Waals surface area contributed by atoms with Crippen LogP contribution in [0.4, 0.5) is 0 Å². The van der Waals surface area contributed by atoms with E-state index < -0.39 is 20.0 Å². The summed E-state index contributed by atoms with van der Waals surface area (Å²) in [5.74, 6) is -0.173. The number of hydrogen-bond donors (Lipinski definition) is 4. The summed E-state index contributed by atoms with van der Waals surface area (Å²) in [7, 11) is -4.30. The number of rotatable bonds is 34. The van der Waals surface area contributed by atoms with Crippen molar-refractivity contribution in [2.45, 2.75) is 187 Å². The van der Waals surface area contributed by atoms with Gasteiger partial charge in [0.1, 0.15) is 0 Å². The van der Waals surface area contributed by atoms with Gasteiger partial charge in [-0.25, -0.2) is 4.57 Å². The fraction of sp³-hybridized carbons (Fsp3) is 0.914. The SMILES string of the molecule is CCCCC/C=C\CCCCCCCC(=O)NC(COP(=O)(O)OCCN)C(O)CCCCCCCCCCCCCCC. The van der Waals surface area contributed by atoms with Crippen molar-refractivity contribution in [3.8, 4) is 0 Å². The van der Waals surface area contributed by atoms with Crippen LogP contribution >= 0.6 is 7.82 Å². The van der Waals surface area contributed by atoms with E-state index in [4.69, 9.17) is 14.8 Å². The van der Waals surface area contributed by atoms with Crippen LogP contribution in [-0.4, -0.2) is 47.8 Å². The zero-order valence-electron chi connectivity index (χ0n) is 28.7. The van der Waals surface area contributed by atoms with Gasteiger partial charge in [-0.05, 0) is 38.5 Å². The maximum absolute atomic E-state index is 12.7. The van der Waals surface area contributed by atoms with Crippen molar-refractivity contribution in [1.29, 1.82) is 0 Å². The van der Waals surface area contributed by atoms with Gasteiger partial charge in [0.15, 0.2) is 0 Å². The monoisotopic (exact) mass is 647 g/mol. The van der Waals surface area contributed by atoms with Crippen LogP contribution in [0.3, 0.4) is 0 Å². The van der Waals surface area contributed by atoms with Crippen molar-refractivity contribution in [3.05, 3.63) is 12.2 Å². The molecule has 0 aliphatic heterocycles. The summed E-state index contributed by atoms with van der Waals surface area (Å²) in [5.41, 5.74) is 5.35. The largest absolute Gasteiger partial charge is 0.472 e. The highest BCUT2D eigenvalue weighted by Crippen LogP contribution is 2.43. The van der Waals surface area contributed by atoms with Crippen molar-refractivity contribution in [1.82, 2.24) is 5.32 Å². The maximum Gasteiger partial charge on any atom is 0.472 e. The van der Waals surface area contributed by atoms with Crippen molar-refractivity contribution in [3.63, 3.8) is 0 Å². The molecule has 0 rings (SSSR count). The van der Waals surface area contributed by atoms with Crippen molar-refractivity contribution in [2.24, 2.45) is 5.73 Å². The molecule has 0 radical (unpaired) electrons. The van der Waals surface area contributed by atoms with E-state index in [-0.39, 0.29) is 25.7 Å². The van der Waals surface area contributed by atoms with Crippen molar-refractivity contribution >= 4 is 13.7 Å². The molecule has 262 valence electrons. The fourth-order valence-corrected chi connectivity index (χ4v) is 6.07. The molecular formula is C35H71N2O6P. The van der Waals surface area contributed by atoms with Crippen LogP contribution in [0.5, 0.6) is 0 Å². The number of carbonyl (C=O) groups excluding carboxylic acids is 1. The summed E-state index contributed by atoms with van der Waals surface area (Å²) >= 11 is 0. The Labute approximate surface area is 271 Å². The lowest BCUT2D eigenvalue weighted by Gasteiger charge is -2.25. The molecule has 9 heteroatoms. The van der Waals surface area contributed by atoms with Gasteiger partial charge >= 0.3 is 7.82 Å². The van der Waals surface area contributed by atoms with Crippen molar-refractivity contribution < 1.29 is 28.4 Å². The standard InChI is InChI=1S/C35H71N2O6P/c1-3-5-7-9-11-13-15-17-18-20-22-24-26-28-34(38)33(32-43-44(40,41)42-31-30-36)37-35(39)29-27-25-23-21-19-16-14-12-10-8-6-4-2/h12,14,33-34,38H,3-11,13,15-32,36H2,1-2H3,(H,37,39)(H,40,41)/b14-12-. The number of unbranched alkanes of at least 4 members (excludes halogenated alkanes) is 20. The molecular weight excluding hydrogens is 575 g/mol. The summed E-state index contributed by atoms with van der Waals surface area (Å²) in [6.07, 6.45) is 32.1. The molecule has 0 bridgehead atoms. The van der Waals surface area contributed by atoms with Crippen LogP contribution in [-0.2, 0) is 18.4 Å². The lowest BCUT2D eigenvalue weighted by atomic mass is 10.0. The summed E-state index contributed by atoms with van der Waals surface area (Å²) in [6, 6.07) is -0.772. The first-order chi connectivity index (χ1) is 21.4. The number of aliphatic hydroxyl groups is 1. The molecule has 0 aromatic heterocycles. The van der Waals surface area contributed by atoms with Gasteiger partial charge in [-0.15, -0.1) is 0 Å². The lowest BCUT2D eigenvalue weighted by molar-refractivity contribution is -0.123. The Hall–Kier alpha value is -0.760. The quantitative estimate of drug-likeness (QED) is 0.0311. The second-order valence-corrected chi connectivity index (χ2v) is 13.9. The smallest absolute Gasteiger partial charge is 0.391 e. The predicted octanol–water partition coefficient (Wildman–Crippen LogP) is 9.27. The Bertz CT molecular complexity index is 709. The summed E-state index contributed by atoms with van der Waals surface area (Å²) in [6.45, 7) is 4.16. The Morgan fingerprint density at radius 2 is 1.18 bits per heavy atom. The number of nitrogens with two attached hydrogens (primary N) is 1. The Morgan fingerprint density at radius 3 is 1.73 bits per heavy atom. The molecule has 0 fully saturated rings. The minimum atomic E-state index is -4.30. The molecule has 44 heavy (non-hydrogen) atoms. The first-order valence-corrected chi connectivity index (χ1v) is 19.8. The minimum Gasteiger partial charge on any atom is -0.391 e. The van der Waals surface area contributed by atoms with Crippen LogP contribution in [0, 0.1) is 0 Å². The molecule has 0 heterocycles. The molecule has 3 unspecified atom stereocenters. The second-order valence-electron chi connectivity index (χ2n) is 12.4. The first kappa shape index (κ1) is 43.2. The molecule has 1 amide bonds. The molecule has 3 atom stereocenters. The number of aliphatic hydroxyl groups excluding tert-OH is 1. The Morgan fingerprint density at radius 1 is 0.727 bits per heavy atom. The second kappa shape index (κ2) is 32.2. The van der Waals surface area contributed by atoms with Gasteiger partial charge < -0.3 is 21.1 Å². The van der Waals surface area contributed by atoms with Gasteiger partial charge in [-0.3, -0.25) is 13.8 Å². The molecule has 5 N–H and O–H groups in total. The molecule has 0 aliphatic rings. The van der Waals surface area contributed by atoms with E-state index in [9.17, 15) is 19.4 Å². The lowest BCUT2D eigenvalue weighted by Crippen LogP contribution is -2.46. The minimum absolute atomic E-state index is 0.0888. The van der Waals surface area contributed by atoms with Crippen LogP contribution < -0.4 is 11.1 Å². The molecule has 0 aromatic carbocycles. The van der Waals surface area contributed by atoms with E-state index in [1.807, 2.05) is 0 Å². The van der Waals surface area contributed by atoms with E-state index in [2.05, 4.69) is 31.3 Å². The van der Waals surface area contributed by atoms with Gasteiger partial charge in [0.25, 0.3) is 0 Å². The van der Waals surface area contributed by atoms with Gasteiger partial charge in [0, 0.05) is 13.0 Å². The number of allylic oxidation sites excluding steroid dienone is 2. The highest BCUT2D eigenvalue weighted by atomic mass is 31.2. The average Bonchev–Trinajstić information content (AvgIpc) is 3.01. The van der Waals surface area contributed by atoms with E-state index in [1.165, 1.54) is 96.3 Å². The molecule has 0 aromatic rings. The molecule has 0 aliphatic carbocycles. The zero-order valence-corrected chi connectivity index (χ0v) is 29.6. The van der Waals surface area contributed by atoms with E-state index >= 15 is 0 Å². The Balaban J connectivity index is 4.28. The van der Waals surface area contributed by atoms with Gasteiger partial charge in [-0.2, -0.15) is 0 Å². The number of nitrogens with one attached hydrogen (secondary N) is 1. The first-order valence-electron chi connectivity index (χ1n) is 18.3. The average molecular weight is 647 g/mol. The van der Waals surface area contributed by atoms with Crippen LogP contribution in [0.25, 0.3) is 0 Å². The summed E-state index contributed by atoms with van der Waals surface area (Å²) in [4.78, 5) is 22.6. The molecule has 0 spiro atoms. The predicted molar refractivity (Wildman–Crippen MR) is 185 cm³/mol. The number of hydrogen-bond acceptors (Lipinski definition) is 6. The number of phosphoric acid groups is 1. The highest BCUT2D eigenvalue weighted by Gasteiger charge is 2.27. The topological polar surface area (TPSA) is 131 Å². The van der Waals surface area contributed by atoms with Crippen LogP contribution in [0.2, 0.25) is 0 Å². The highest BCUT2D eigenvalue weighted by molar-refractivity contribution is 7.47. The number of phosphoric ester groups is 1. The van der Waals surface area contributed by atoms with Crippen molar-refractivity contribution in [2.75, 3.05) is 19.8 Å². The Kier molecular flexibility index (Phi) is 31.6. The summed E-state index contributed by atoms with van der Waals surface area (Å²) < 4.78 is 22.0. The number of amides is 1. The zero-order chi connectivity index (χ0) is 32.6. The van der Waals surface area contributed by atoms with Crippen LogP contribution in [0.1, 0.15) is 174 Å². The normalized spacial score (nSPS) is 14.6.